The fourth-order valence-electron chi connectivity index (χ4n) is 3.31. The van der Waals surface area contributed by atoms with Crippen molar-refractivity contribution < 1.29 is 8.98 Å². The van der Waals surface area contributed by atoms with Gasteiger partial charge in [0.25, 0.3) is 6.33 Å². The zero-order valence-corrected chi connectivity index (χ0v) is 14.5. The van der Waals surface area contributed by atoms with Gasteiger partial charge in [-0.15, -0.1) is 0 Å². The Morgan fingerprint density at radius 1 is 1.08 bits per heavy atom. The van der Waals surface area contributed by atoms with Crippen molar-refractivity contribution in [2.75, 3.05) is 0 Å². The van der Waals surface area contributed by atoms with Gasteiger partial charge < -0.3 is 4.42 Å². The van der Waals surface area contributed by atoms with E-state index in [0.29, 0.717) is 11.1 Å². The Labute approximate surface area is 145 Å². The molecule has 2 aromatic heterocycles. The summed E-state index contributed by atoms with van der Waals surface area (Å²) in [6, 6.07) is 16.0. The predicted molar refractivity (Wildman–Crippen MR) is 99.2 cm³/mol. The number of rotatable bonds is 4. The van der Waals surface area contributed by atoms with Gasteiger partial charge >= 0.3 is 11.3 Å². The number of imidazole rings is 1. The summed E-state index contributed by atoms with van der Waals surface area (Å²) in [6.45, 7) is 5.07. The van der Waals surface area contributed by atoms with Crippen LogP contribution in [0, 0.1) is 6.92 Å². The number of unbranched alkanes of at least 4 members (excludes halogenated alkanes) is 1. The molecule has 0 atom stereocenters. The smallest absolute Gasteiger partial charge is 0.347 e. The first-order valence-electron chi connectivity index (χ1n) is 8.72. The first kappa shape index (κ1) is 15.6. The maximum atomic E-state index is 12.4. The van der Waals surface area contributed by atoms with E-state index >= 15 is 0 Å². The molecule has 4 rings (SSSR count). The number of hydrogen-bond acceptors (Lipinski definition) is 2. The summed E-state index contributed by atoms with van der Waals surface area (Å²) >= 11 is 0. The molecule has 4 nitrogen and oxygen atoms in total. The lowest BCUT2D eigenvalue weighted by molar-refractivity contribution is -0.678. The van der Waals surface area contributed by atoms with Gasteiger partial charge in [0, 0.05) is 5.39 Å². The average Bonchev–Trinajstić information content (AvgIpc) is 2.99. The van der Waals surface area contributed by atoms with Gasteiger partial charge in [0.1, 0.15) is 5.69 Å². The molecule has 25 heavy (non-hydrogen) atoms. The molecule has 0 unspecified atom stereocenters. The van der Waals surface area contributed by atoms with Crippen LogP contribution in [-0.4, -0.2) is 4.57 Å². The lowest BCUT2D eigenvalue weighted by atomic mass is 10.1. The summed E-state index contributed by atoms with van der Waals surface area (Å²) < 4.78 is 9.90. The Hall–Kier alpha value is -2.88. The number of nitrogens with zero attached hydrogens (tertiary/aromatic N) is 2. The molecule has 0 radical (unpaired) electrons. The Morgan fingerprint density at radius 2 is 1.88 bits per heavy atom. The minimum absolute atomic E-state index is 0.282. The van der Waals surface area contributed by atoms with E-state index in [1.54, 1.807) is 0 Å². The van der Waals surface area contributed by atoms with E-state index < -0.39 is 0 Å². The van der Waals surface area contributed by atoms with Gasteiger partial charge in [-0.2, -0.15) is 9.13 Å². The normalized spacial score (nSPS) is 11.4. The van der Waals surface area contributed by atoms with Crippen LogP contribution in [0.1, 0.15) is 25.3 Å². The van der Waals surface area contributed by atoms with Crippen LogP contribution in [0.2, 0.25) is 0 Å². The molecule has 2 aromatic carbocycles. The monoisotopic (exact) mass is 333 g/mol. The molecule has 0 bridgehead atoms. The van der Waals surface area contributed by atoms with Gasteiger partial charge in [-0.25, -0.2) is 4.79 Å². The molecular weight excluding hydrogens is 312 g/mol. The van der Waals surface area contributed by atoms with Crippen LogP contribution < -0.4 is 10.2 Å². The summed E-state index contributed by atoms with van der Waals surface area (Å²) in [7, 11) is 0. The molecule has 0 spiro atoms. The fraction of sp³-hybridized carbons (Fsp3) is 0.238. The van der Waals surface area contributed by atoms with Crippen LogP contribution in [0.5, 0.6) is 0 Å². The SMILES string of the molecule is CCCC[n+]1cn(-c2cccc(C)c2)c2c3ccccc3c(=O)oc21. The number of aryl methyl sites for hydroxylation is 2. The summed E-state index contributed by atoms with van der Waals surface area (Å²) in [4.78, 5) is 12.4. The molecule has 0 fully saturated rings. The van der Waals surface area contributed by atoms with Crippen molar-refractivity contribution in [2.24, 2.45) is 0 Å². The molecule has 0 aliphatic rings. The van der Waals surface area contributed by atoms with Crippen molar-refractivity contribution in [3.05, 3.63) is 70.8 Å². The van der Waals surface area contributed by atoms with E-state index in [-0.39, 0.29) is 5.63 Å². The lowest BCUT2D eigenvalue weighted by Gasteiger charge is -2.00. The standard InChI is InChI=1S/C21H21N2O2/c1-3-4-12-22-14-23(16-9-7-8-15(2)13-16)19-17-10-5-6-11-18(17)21(24)25-20(19)22/h5-11,13-14H,3-4,12H2,1-2H3/q+1. The second-order valence-electron chi connectivity index (χ2n) is 6.46. The molecule has 0 aliphatic heterocycles. The van der Waals surface area contributed by atoms with Crippen LogP contribution in [0.4, 0.5) is 0 Å². The Kier molecular flexibility index (Phi) is 3.88. The molecule has 0 amide bonds. The van der Waals surface area contributed by atoms with E-state index in [9.17, 15) is 4.79 Å². The number of aromatic nitrogens is 2. The molecule has 4 aromatic rings. The quantitative estimate of drug-likeness (QED) is 0.527. The topological polar surface area (TPSA) is 39.0 Å². The minimum Gasteiger partial charge on any atom is -0.383 e. The van der Waals surface area contributed by atoms with E-state index in [1.165, 1.54) is 5.56 Å². The third-order valence-electron chi connectivity index (χ3n) is 4.58. The summed E-state index contributed by atoms with van der Waals surface area (Å²) in [5.41, 5.74) is 3.56. The van der Waals surface area contributed by atoms with Gasteiger partial charge in [-0.1, -0.05) is 37.6 Å². The third kappa shape index (κ3) is 2.64. The highest BCUT2D eigenvalue weighted by Gasteiger charge is 2.23. The van der Waals surface area contributed by atoms with Crippen molar-refractivity contribution in [3.8, 4) is 5.69 Å². The van der Waals surface area contributed by atoms with Crippen molar-refractivity contribution in [1.82, 2.24) is 4.57 Å². The second kappa shape index (κ2) is 6.20. The fourth-order valence-corrected chi connectivity index (χ4v) is 3.31. The molecule has 0 aliphatic carbocycles. The highest BCUT2D eigenvalue weighted by atomic mass is 16.4. The zero-order chi connectivity index (χ0) is 17.4. The van der Waals surface area contributed by atoms with Gasteiger partial charge in [0.05, 0.1) is 11.9 Å². The first-order valence-corrected chi connectivity index (χ1v) is 8.72. The summed E-state index contributed by atoms with van der Waals surface area (Å²) in [5, 5.41) is 1.54. The molecule has 0 saturated carbocycles. The van der Waals surface area contributed by atoms with E-state index in [2.05, 4.69) is 41.2 Å². The highest BCUT2D eigenvalue weighted by Crippen LogP contribution is 2.24. The van der Waals surface area contributed by atoms with Crippen LogP contribution in [0.25, 0.3) is 27.7 Å². The number of benzene rings is 2. The number of fused-ring (bicyclic) bond motifs is 3. The van der Waals surface area contributed by atoms with E-state index in [1.807, 2.05) is 36.7 Å². The molecule has 126 valence electrons. The lowest BCUT2D eigenvalue weighted by Crippen LogP contribution is -2.32. The van der Waals surface area contributed by atoms with Crippen LogP contribution >= 0.6 is 0 Å². The van der Waals surface area contributed by atoms with Crippen molar-refractivity contribution in [1.29, 1.82) is 0 Å². The van der Waals surface area contributed by atoms with Gasteiger partial charge in [-0.05, 0) is 43.2 Å². The Bertz CT molecular complexity index is 1120. The van der Waals surface area contributed by atoms with Crippen molar-refractivity contribution in [3.63, 3.8) is 0 Å². The maximum absolute atomic E-state index is 12.4. The summed E-state index contributed by atoms with van der Waals surface area (Å²) in [5.74, 6) is 0. The van der Waals surface area contributed by atoms with Gasteiger partial charge in [-0.3, -0.25) is 0 Å². The van der Waals surface area contributed by atoms with Crippen molar-refractivity contribution in [2.45, 2.75) is 33.2 Å². The second-order valence-corrected chi connectivity index (χ2v) is 6.46. The molecular formula is C21H21N2O2+. The molecule has 0 saturated heterocycles. The van der Waals surface area contributed by atoms with Crippen LogP contribution in [-0.2, 0) is 6.54 Å². The van der Waals surface area contributed by atoms with Crippen LogP contribution in [0.3, 0.4) is 0 Å². The van der Waals surface area contributed by atoms with Gasteiger partial charge in [0.15, 0.2) is 0 Å². The predicted octanol–water partition coefficient (Wildman–Crippen LogP) is 4.13. The first-order chi connectivity index (χ1) is 12.2. The molecule has 2 heterocycles. The highest BCUT2D eigenvalue weighted by molar-refractivity contribution is 6.00. The Morgan fingerprint density at radius 3 is 2.64 bits per heavy atom. The zero-order valence-electron chi connectivity index (χ0n) is 14.5. The third-order valence-corrected chi connectivity index (χ3v) is 4.58. The van der Waals surface area contributed by atoms with Crippen molar-refractivity contribution >= 4 is 22.0 Å². The van der Waals surface area contributed by atoms with Crippen LogP contribution in [0.15, 0.2) is 64.1 Å². The number of hydrogen-bond donors (Lipinski definition) is 0. The van der Waals surface area contributed by atoms with E-state index in [4.69, 9.17) is 4.42 Å². The summed E-state index contributed by atoms with van der Waals surface area (Å²) in [6.07, 6.45) is 4.17. The molecule has 4 heteroatoms. The average molecular weight is 333 g/mol. The largest absolute Gasteiger partial charge is 0.383 e. The van der Waals surface area contributed by atoms with E-state index in [0.717, 1.165) is 36.0 Å². The van der Waals surface area contributed by atoms with Gasteiger partial charge in [0.2, 0.25) is 5.52 Å². The minimum atomic E-state index is -0.282. The maximum Gasteiger partial charge on any atom is 0.347 e. The Balaban J connectivity index is 2.11. The molecule has 0 N–H and O–H groups in total.